The molecule has 0 aliphatic carbocycles. The zero-order chi connectivity index (χ0) is 13.9. The minimum absolute atomic E-state index is 0.00536. The molecule has 0 saturated heterocycles. The molecular formula is C9H7F5N2O2. The number of carbonyl (C=O) groups excluding carboxylic acids is 1. The lowest BCUT2D eigenvalue weighted by Crippen LogP contribution is -2.21. The van der Waals surface area contributed by atoms with E-state index in [0.717, 1.165) is 0 Å². The standard InChI is InChI=1S/C9H7F5N2O2/c10-7(11)5-2-16-8(18-9(12,13)14)4(1-15)6(5)3-17/h2-3,7H,1,15H2. The Morgan fingerprint density at radius 2 is 2.06 bits per heavy atom. The summed E-state index contributed by atoms with van der Waals surface area (Å²) in [6, 6.07) is 0. The van der Waals surface area contributed by atoms with Crippen molar-refractivity contribution >= 4 is 6.29 Å². The zero-order valence-electron chi connectivity index (χ0n) is 8.67. The van der Waals surface area contributed by atoms with Crippen LogP contribution in [-0.2, 0) is 6.54 Å². The number of carbonyl (C=O) groups is 1. The summed E-state index contributed by atoms with van der Waals surface area (Å²) in [5.41, 5.74) is 3.18. The van der Waals surface area contributed by atoms with E-state index >= 15 is 0 Å². The van der Waals surface area contributed by atoms with Gasteiger partial charge in [-0.15, -0.1) is 13.2 Å². The van der Waals surface area contributed by atoms with Gasteiger partial charge in [-0.2, -0.15) is 0 Å². The highest BCUT2D eigenvalue weighted by atomic mass is 19.4. The second-order valence-electron chi connectivity index (χ2n) is 3.08. The van der Waals surface area contributed by atoms with Crippen molar-refractivity contribution in [2.75, 3.05) is 0 Å². The summed E-state index contributed by atoms with van der Waals surface area (Å²) in [4.78, 5) is 13.8. The van der Waals surface area contributed by atoms with Crippen LogP contribution in [0, 0.1) is 0 Å². The molecule has 1 heterocycles. The number of halogens is 5. The maximum Gasteiger partial charge on any atom is 0.574 e. The van der Waals surface area contributed by atoms with E-state index in [2.05, 4.69) is 9.72 Å². The molecular weight excluding hydrogens is 263 g/mol. The van der Waals surface area contributed by atoms with Crippen LogP contribution in [0.15, 0.2) is 6.20 Å². The third-order valence-corrected chi connectivity index (χ3v) is 1.98. The highest BCUT2D eigenvalue weighted by molar-refractivity contribution is 5.80. The molecule has 2 N–H and O–H groups in total. The number of nitrogens with zero attached hydrogens (tertiary/aromatic N) is 1. The molecule has 1 aromatic heterocycles. The maximum atomic E-state index is 12.5. The van der Waals surface area contributed by atoms with Crippen LogP contribution in [0.1, 0.15) is 27.9 Å². The molecule has 0 bridgehead atoms. The minimum atomic E-state index is -5.05. The fourth-order valence-electron chi connectivity index (χ4n) is 1.27. The van der Waals surface area contributed by atoms with Crippen molar-refractivity contribution in [2.24, 2.45) is 5.73 Å². The van der Waals surface area contributed by atoms with Crippen molar-refractivity contribution in [3.63, 3.8) is 0 Å². The van der Waals surface area contributed by atoms with E-state index in [-0.39, 0.29) is 6.29 Å². The highest BCUT2D eigenvalue weighted by Gasteiger charge is 2.34. The van der Waals surface area contributed by atoms with Crippen LogP contribution in [0.4, 0.5) is 22.0 Å². The molecule has 1 aromatic rings. The number of hydrogen-bond acceptors (Lipinski definition) is 4. The van der Waals surface area contributed by atoms with Crippen LogP contribution in [0.25, 0.3) is 0 Å². The second-order valence-corrected chi connectivity index (χ2v) is 3.08. The Hall–Kier alpha value is -1.77. The van der Waals surface area contributed by atoms with Gasteiger partial charge in [0.25, 0.3) is 6.43 Å². The number of ether oxygens (including phenoxy) is 1. The molecule has 0 aliphatic heterocycles. The first-order chi connectivity index (χ1) is 8.30. The third-order valence-electron chi connectivity index (χ3n) is 1.98. The predicted molar refractivity (Wildman–Crippen MR) is 49.2 cm³/mol. The topological polar surface area (TPSA) is 65.2 Å². The maximum absolute atomic E-state index is 12.5. The van der Waals surface area contributed by atoms with Gasteiger partial charge in [0.15, 0.2) is 6.29 Å². The number of pyridine rings is 1. The quantitative estimate of drug-likeness (QED) is 0.672. The highest BCUT2D eigenvalue weighted by Crippen LogP contribution is 2.31. The molecule has 0 radical (unpaired) electrons. The SMILES string of the molecule is NCc1c(OC(F)(F)F)ncc(C(F)F)c1C=O. The van der Waals surface area contributed by atoms with Crippen molar-refractivity contribution in [3.8, 4) is 5.88 Å². The molecule has 0 amide bonds. The number of aldehydes is 1. The summed E-state index contributed by atoms with van der Waals surface area (Å²) >= 11 is 0. The molecule has 0 aromatic carbocycles. The van der Waals surface area contributed by atoms with E-state index in [9.17, 15) is 26.7 Å². The van der Waals surface area contributed by atoms with Crippen molar-refractivity contribution in [1.82, 2.24) is 4.98 Å². The summed E-state index contributed by atoms with van der Waals surface area (Å²) < 4.78 is 64.5. The molecule has 100 valence electrons. The molecule has 0 atom stereocenters. The molecule has 4 nitrogen and oxygen atoms in total. The van der Waals surface area contributed by atoms with Gasteiger partial charge >= 0.3 is 6.36 Å². The molecule has 9 heteroatoms. The van der Waals surface area contributed by atoms with E-state index in [4.69, 9.17) is 5.73 Å². The summed E-state index contributed by atoms with van der Waals surface area (Å²) in [7, 11) is 0. The summed E-state index contributed by atoms with van der Waals surface area (Å²) in [5.74, 6) is -1.00. The van der Waals surface area contributed by atoms with Crippen LogP contribution >= 0.6 is 0 Å². The summed E-state index contributed by atoms with van der Waals surface area (Å²) in [6.45, 7) is -0.590. The minimum Gasteiger partial charge on any atom is -0.388 e. The molecule has 0 unspecified atom stereocenters. The van der Waals surface area contributed by atoms with Crippen LogP contribution < -0.4 is 10.5 Å². The first kappa shape index (κ1) is 14.3. The monoisotopic (exact) mass is 270 g/mol. The fourth-order valence-corrected chi connectivity index (χ4v) is 1.27. The summed E-state index contributed by atoms with van der Waals surface area (Å²) in [5, 5.41) is 0. The number of alkyl halides is 5. The lowest BCUT2D eigenvalue weighted by molar-refractivity contribution is -0.276. The van der Waals surface area contributed by atoms with E-state index in [1.807, 2.05) is 0 Å². The van der Waals surface area contributed by atoms with Gasteiger partial charge in [-0.05, 0) is 0 Å². The number of aromatic nitrogens is 1. The van der Waals surface area contributed by atoms with Gasteiger partial charge < -0.3 is 10.5 Å². The number of hydrogen-bond donors (Lipinski definition) is 1. The molecule has 0 fully saturated rings. The van der Waals surface area contributed by atoms with Crippen LogP contribution in [0.3, 0.4) is 0 Å². The Kier molecular flexibility index (Phi) is 4.17. The molecule has 18 heavy (non-hydrogen) atoms. The van der Waals surface area contributed by atoms with Crippen molar-refractivity contribution < 1.29 is 31.5 Å². The Morgan fingerprint density at radius 1 is 1.44 bits per heavy atom. The average Bonchev–Trinajstić information content (AvgIpc) is 2.25. The number of nitrogens with two attached hydrogens (primary N) is 1. The second kappa shape index (κ2) is 5.25. The normalized spacial score (nSPS) is 11.7. The molecule has 0 aliphatic rings. The van der Waals surface area contributed by atoms with E-state index in [0.29, 0.717) is 6.20 Å². The van der Waals surface area contributed by atoms with Crippen LogP contribution in [-0.4, -0.2) is 17.6 Å². The van der Waals surface area contributed by atoms with Crippen molar-refractivity contribution in [1.29, 1.82) is 0 Å². The largest absolute Gasteiger partial charge is 0.574 e. The fraction of sp³-hybridized carbons (Fsp3) is 0.333. The Balaban J connectivity index is 3.35. The van der Waals surface area contributed by atoms with Gasteiger partial charge in [0.05, 0.1) is 0 Å². The van der Waals surface area contributed by atoms with E-state index in [1.165, 1.54) is 0 Å². The first-order valence-electron chi connectivity index (χ1n) is 4.51. The van der Waals surface area contributed by atoms with Crippen LogP contribution in [0.2, 0.25) is 0 Å². The molecule has 0 spiro atoms. The average molecular weight is 270 g/mol. The molecule has 0 saturated carbocycles. The number of rotatable bonds is 4. The smallest absolute Gasteiger partial charge is 0.388 e. The third kappa shape index (κ3) is 3.13. The predicted octanol–water partition coefficient (Wildman–Crippen LogP) is 2.19. The van der Waals surface area contributed by atoms with Gasteiger partial charge in [0.2, 0.25) is 5.88 Å². The lowest BCUT2D eigenvalue weighted by atomic mass is 10.1. The summed E-state index contributed by atoms with van der Waals surface area (Å²) in [6.07, 6.45) is -7.66. The van der Waals surface area contributed by atoms with Crippen molar-refractivity contribution in [2.45, 2.75) is 19.3 Å². The molecule has 1 rings (SSSR count). The zero-order valence-corrected chi connectivity index (χ0v) is 8.67. The van der Waals surface area contributed by atoms with E-state index < -0.39 is 41.9 Å². The van der Waals surface area contributed by atoms with Gasteiger partial charge in [0.1, 0.15) is 0 Å². The van der Waals surface area contributed by atoms with Crippen molar-refractivity contribution in [3.05, 3.63) is 22.9 Å². The van der Waals surface area contributed by atoms with Gasteiger partial charge in [-0.3, -0.25) is 4.79 Å². The lowest BCUT2D eigenvalue weighted by Gasteiger charge is -2.14. The Morgan fingerprint density at radius 3 is 2.44 bits per heavy atom. The van der Waals surface area contributed by atoms with Crippen LogP contribution in [0.5, 0.6) is 5.88 Å². The van der Waals surface area contributed by atoms with Gasteiger partial charge in [-0.1, -0.05) is 0 Å². The first-order valence-corrected chi connectivity index (χ1v) is 4.51. The van der Waals surface area contributed by atoms with Gasteiger partial charge in [0, 0.05) is 29.4 Å². The van der Waals surface area contributed by atoms with E-state index in [1.54, 1.807) is 0 Å². The Labute approximate surface area is 97.6 Å². The van der Waals surface area contributed by atoms with Gasteiger partial charge in [-0.25, -0.2) is 13.8 Å². The Bertz CT molecular complexity index is 447.